The van der Waals surface area contributed by atoms with Gasteiger partial charge in [-0.1, -0.05) is 72.0 Å². The van der Waals surface area contributed by atoms with Crippen LogP contribution in [0, 0.1) is 18.5 Å². The maximum atomic E-state index is 14.3. The van der Waals surface area contributed by atoms with Crippen LogP contribution < -0.4 is 19.6 Å². The molecule has 48 heavy (non-hydrogen) atoms. The molecule has 1 aromatic heterocycles. The van der Waals surface area contributed by atoms with E-state index >= 15 is 0 Å². The van der Waals surface area contributed by atoms with Gasteiger partial charge in [-0.25, -0.2) is 9.79 Å². The van der Waals surface area contributed by atoms with Gasteiger partial charge in [-0.15, -0.1) is 11.8 Å². The minimum absolute atomic E-state index is 0.189. The van der Waals surface area contributed by atoms with Gasteiger partial charge >= 0.3 is 5.97 Å². The molecule has 0 fully saturated rings. The number of esters is 1. The molecule has 0 unspecified atom stereocenters. The van der Waals surface area contributed by atoms with Gasteiger partial charge < -0.3 is 9.47 Å². The molecule has 6 rings (SSSR count). The van der Waals surface area contributed by atoms with Crippen LogP contribution in [-0.4, -0.2) is 23.4 Å². The third kappa shape index (κ3) is 7.03. The molecule has 7 nitrogen and oxygen atoms in total. The van der Waals surface area contributed by atoms with Gasteiger partial charge in [0.1, 0.15) is 12.4 Å². The second-order valence-corrected chi connectivity index (χ2v) is 14.8. The van der Waals surface area contributed by atoms with E-state index in [1.54, 1.807) is 29.3 Å². The highest BCUT2D eigenvalue weighted by Crippen LogP contribution is 2.36. The number of benzene rings is 4. The quantitative estimate of drug-likeness (QED) is 0.0876. The van der Waals surface area contributed by atoms with E-state index in [1.807, 2.05) is 97.3 Å². The molecule has 0 saturated carbocycles. The van der Waals surface area contributed by atoms with Gasteiger partial charge in [0.2, 0.25) is 0 Å². The SMILES string of the molecule is CCOC(=O)C1=C(c2ccccc2)N=c2s/c(=C\c3cc(I)c(OCc4ccccc4C#N)c(I)c3)c(=O)n2[C@@H]1c1ccc(SC)cc1. The first-order chi connectivity index (χ1) is 23.3. The number of thioether (sulfide) groups is 1. The minimum Gasteiger partial charge on any atom is -0.487 e. The van der Waals surface area contributed by atoms with Crippen molar-refractivity contribution in [2.45, 2.75) is 24.5 Å². The van der Waals surface area contributed by atoms with Crippen molar-refractivity contribution in [3.63, 3.8) is 0 Å². The van der Waals surface area contributed by atoms with E-state index in [-0.39, 0.29) is 18.8 Å². The lowest BCUT2D eigenvalue weighted by Crippen LogP contribution is -2.40. The highest BCUT2D eigenvalue weighted by atomic mass is 127. The van der Waals surface area contributed by atoms with Crippen LogP contribution in [0.15, 0.2) is 111 Å². The number of fused-ring (bicyclic) bond motifs is 1. The monoisotopic (exact) mass is 895 g/mol. The lowest BCUT2D eigenvalue weighted by molar-refractivity contribution is -0.138. The lowest BCUT2D eigenvalue weighted by atomic mass is 9.93. The Morgan fingerprint density at radius 1 is 1.04 bits per heavy atom. The number of carbonyl (C=O) groups is 1. The van der Waals surface area contributed by atoms with Gasteiger partial charge in [0.25, 0.3) is 5.56 Å². The number of thiazole rings is 1. The number of nitrogens with zero attached hydrogens (tertiary/aromatic N) is 3. The average molecular weight is 896 g/mol. The summed E-state index contributed by atoms with van der Waals surface area (Å²) in [6.07, 6.45) is 3.86. The Morgan fingerprint density at radius 3 is 2.40 bits per heavy atom. The molecule has 11 heteroatoms. The van der Waals surface area contributed by atoms with Crippen molar-refractivity contribution >= 4 is 86.0 Å². The zero-order valence-electron chi connectivity index (χ0n) is 25.8. The summed E-state index contributed by atoms with van der Waals surface area (Å²) >= 11 is 7.37. The molecule has 0 radical (unpaired) electrons. The highest BCUT2D eigenvalue weighted by molar-refractivity contribution is 14.1. The summed E-state index contributed by atoms with van der Waals surface area (Å²) in [5, 5.41) is 9.45. The lowest BCUT2D eigenvalue weighted by Gasteiger charge is -2.26. The van der Waals surface area contributed by atoms with Crippen LogP contribution in [0.3, 0.4) is 0 Å². The third-order valence-corrected chi connectivity index (χ3v) is 11.0. The molecule has 0 N–H and O–H groups in total. The number of rotatable bonds is 9. The van der Waals surface area contributed by atoms with Crippen LogP contribution in [0.1, 0.15) is 40.8 Å². The van der Waals surface area contributed by atoms with Gasteiger partial charge in [-0.2, -0.15) is 5.26 Å². The fourth-order valence-electron chi connectivity index (χ4n) is 5.40. The molecule has 2 heterocycles. The summed E-state index contributed by atoms with van der Waals surface area (Å²) in [6.45, 7) is 2.22. The molecule has 4 aromatic carbocycles. The van der Waals surface area contributed by atoms with Crippen molar-refractivity contribution in [3.8, 4) is 11.8 Å². The van der Waals surface area contributed by atoms with Gasteiger partial charge in [0.05, 0.1) is 47.2 Å². The Balaban J connectivity index is 1.47. The molecule has 0 saturated heterocycles. The molecule has 0 spiro atoms. The van der Waals surface area contributed by atoms with E-state index in [0.717, 1.165) is 34.3 Å². The summed E-state index contributed by atoms with van der Waals surface area (Å²) in [6, 6.07) is 30.2. The number of nitriles is 1. The number of hydrogen-bond acceptors (Lipinski definition) is 8. The smallest absolute Gasteiger partial charge is 0.338 e. The Labute approximate surface area is 312 Å². The number of carbonyl (C=O) groups excluding carboxylic acids is 1. The number of halogens is 2. The largest absolute Gasteiger partial charge is 0.487 e. The fraction of sp³-hybridized carbons (Fsp3) is 0.135. The van der Waals surface area contributed by atoms with E-state index in [0.29, 0.717) is 31.9 Å². The molecular formula is C37H27I2N3O4S2. The van der Waals surface area contributed by atoms with Crippen LogP contribution in [0.2, 0.25) is 0 Å². The molecule has 5 aromatic rings. The van der Waals surface area contributed by atoms with E-state index < -0.39 is 12.0 Å². The van der Waals surface area contributed by atoms with Crippen molar-refractivity contribution in [3.05, 3.63) is 151 Å². The minimum atomic E-state index is -0.735. The van der Waals surface area contributed by atoms with Gasteiger partial charge in [0, 0.05) is 16.0 Å². The summed E-state index contributed by atoms with van der Waals surface area (Å²) in [7, 11) is 0. The van der Waals surface area contributed by atoms with Crippen molar-refractivity contribution in [1.29, 1.82) is 5.26 Å². The summed E-state index contributed by atoms with van der Waals surface area (Å²) in [5.41, 5.74) is 4.34. The number of ether oxygens (including phenoxy) is 2. The second-order valence-electron chi connectivity index (χ2n) is 10.6. The van der Waals surface area contributed by atoms with Crippen LogP contribution in [0.4, 0.5) is 0 Å². The van der Waals surface area contributed by atoms with Gasteiger partial charge in [-0.05, 0) is 106 Å². The van der Waals surface area contributed by atoms with E-state index in [2.05, 4.69) is 51.3 Å². The normalized spacial score (nSPS) is 14.2. The van der Waals surface area contributed by atoms with Crippen LogP contribution in [0.5, 0.6) is 5.75 Å². The van der Waals surface area contributed by atoms with Crippen LogP contribution in [-0.2, 0) is 16.1 Å². The standard InChI is InChI=1S/C37H27I2N3O4S2/c1-3-45-36(44)31-32(23-9-5-4-6-10-23)41-37-42(33(31)24-13-15-27(47-2)16-14-24)35(43)30(48-37)19-22-17-28(38)34(29(39)18-22)46-21-26-12-8-7-11-25(26)20-40/h4-19,33H,3,21H2,1-2H3/b30-19-/t33-/m1/s1. The topological polar surface area (TPSA) is 93.7 Å². The number of aromatic nitrogens is 1. The first-order valence-corrected chi connectivity index (χ1v) is 19.0. The molecule has 0 amide bonds. The second kappa shape index (κ2) is 15.2. The van der Waals surface area contributed by atoms with Crippen molar-refractivity contribution in [1.82, 2.24) is 4.57 Å². The van der Waals surface area contributed by atoms with Crippen molar-refractivity contribution < 1.29 is 14.3 Å². The summed E-state index contributed by atoms with van der Waals surface area (Å²) < 4.78 is 15.6. The van der Waals surface area contributed by atoms with Crippen LogP contribution >= 0.6 is 68.3 Å². The first kappa shape index (κ1) is 34.2. The highest BCUT2D eigenvalue weighted by Gasteiger charge is 2.35. The molecule has 1 aliphatic rings. The van der Waals surface area contributed by atoms with Gasteiger partial charge in [0.15, 0.2) is 4.80 Å². The molecule has 0 bridgehead atoms. The maximum absolute atomic E-state index is 14.3. The van der Waals surface area contributed by atoms with Crippen molar-refractivity contribution in [2.75, 3.05) is 12.9 Å². The Hall–Kier alpha value is -3.71. The maximum Gasteiger partial charge on any atom is 0.338 e. The predicted molar refractivity (Wildman–Crippen MR) is 207 cm³/mol. The Kier molecular flexibility index (Phi) is 10.8. The predicted octanol–water partition coefficient (Wildman–Crippen LogP) is 7.32. The van der Waals surface area contributed by atoms with E-state index in [4.69, 9.17) is 14.5 Å². The molecule has 240 valence electrons. The van der Waals surface area contributed by atoms with Crippen molar-refractivity contribution in [2.24, 2.45) is 4.99 Å². The third-order valence-electron chi connectivity index (χ3n) is 7.63. The Bertz CT molecular complexity index is 2250. The summed E-state index contributed by atoms with van der Waals surface area (Å²) in [4.78, 5) is 34.5. The number of hydrogen-bond donors (Lipinski definition) is 0. The van der Waals surface area contributed by atoms with E-state index in [9.17, 15) is 14.9 Å². The van der Waals surface area contributed by atoms with Crippen LogP contribution in [0.25, 0.3) is 11.8 Å². The molecule has 0 aliphatic carbocycles. The van der Waals surface area contributed by atoms with E-state index in [1.165, 1.54) is 11.3 Å². The molecular weight excluding hydrogens is 868 g/mol. The average Bonchev–Trinajstić information content (AvgIpc) is 3.41. The fourth-order valence-corrected chi connectivity index (χ4v) is 8.94. The zero-order valence-corrected chi connectivity index (χ0v) is 31.7. The summed E-state index contributed by atoms with van der Waals surface area (Å²) in [5.74, 6) is 0.202. The van der Waals surface area contributed by atoms with Gasteiger partial charge in [-0.3, -0.25) is 9.36 Å². The zero-order chi connectivity index (χ0) is 33.8. The Morgan fingerprint density at radius 2 is 1.73 bits per heavy atom. The first-order valence-electron chi connectivity index (χ1n) is 14.8. The molecule has 1 aliphatic heterocycles. The molecule has 1 atom stereocenters.